The van der Waals surface area contributed by atoms with Crippen molar-refractivity contribution in [1.29, 1.82) is 0 Å². The summed E-state index contributed by atoms with van der Waals surface area (Å²) in [7, 11) is 0. The number of hydrogen-bond donors (Lipinski definition) is 0. The van der Waals surface area contributed by atoms with E-state index in [2.05, 4.69) is 4.74 Å². The van der Waals surface area contributed by atoms with Gasteiger partial charge in [0.15, 0.2) is 11.5 Å². The molecule has 0 aliphatic rings. The molecule has 6 heteroatoms. The highest BCUT2D eigenvalue weighted by Gasteiger charge is 2.12. The standard InChI is InChI=1S/C15H20O6/c1-4-19-14(16)9-18-10-15(17)21-13-8-6-5-7-12(13)20-11(2)3/h5-8,11H,4,9-10H2,1-3H3. The predicted octanol–water partition coefficient (Wildman–Crippen LogP) is 1.96. The molecule has 21 heavy (non-hydrogen) atoms. The van der Waals surface area contributed by atoms with Crippen LogP contribution in [0.2, 0.25) is 0 Å². The molecule has 6 nitrogen and oxygen atoms in total. The van der Waals surface area contributed by atoms with Crippen LogP contribution in [0.3, 0.4) is 0 Å². The Morgan fingerprint density at radius 2 is 1.67 bits per heavy atom. The lowest BCUT2D eigenvalue weighted by Gasteiger charge is -2.13. The normalized spacial score (nSPS) is 10.3. The summed E-state index contributed by atoms with van der Waals surface area (Å²) < 4.78 is 20.3. The predicted molar refractivity (Wildman–Crippen MR) is 75.3 cm³/mol. The van der Waals surface area contributed by atoms with E-state index in [1.165, 1.54) is 0 Å². The maximum absolute atomic E-state index is 11.6. The van der Waals surface area contributed by atoms with Crippen molar-refractivity contribution in [3.63, 3.8) is 0 Å². The van der Waals surface area contributed by atoms with Crippen LogP contribution < -0.4 is 9.47 Å². The molecule has 0 heterocycles. The van der Waals surface area contributed by atoms with Gasteiger partial charge in [-0.3, -0.25) is 0 Å². The molecule has 0 atom stereocenters. The van der Waals surface area contributed by atoms with E-state index in [0.717, 1.165) is 0 Å². The molecule has 0 unspecified atom stereocenters. The first kappa shape index (κ1) is 17.0. The fraction of sp³-hybridized carbons (Fsp3) is 0.467. The Hall–Kier alpha value is -2.08. The highest BCUT2D eigenvalue weighted by molar-refractivity contribution is 5.75. The van der Waals surface area contributed by atoms with Crippen LogP contribution in [0.1, 0.15) is 20.8 Å². The maximum atomic E-state index is 11.6. The second-order valence-electron chi connectivity index (χ2n) is 4.39. The van der Waals surface area contributed by atoms with Gasteiger partial charge in [0.1, 0.15) is 13.2 Å². The van der Waals surface area contributed by atoms with Gasteiger partial charge in [0.05, 0.1) is 12.7 Å². The molecule has 0 aliphatic carbocycles. The van der Waals surface area contributed by atoms with Crippen LogP contribution in [0.25, 0.3) is 0 Å². The van der Waals surface area contributed by atoms with Crippen molar-refractivity contribution in [3.8, 4) is 11.5 Å². The van der Waals surface area contributed by atoms with E-state index < -0.39 is 11.9 Å². The van der Waals surface area contributed by atoms with Crippen molar-refractivity contribution >= 4 is 11.9 Å². The first-order chi connectivity index (χ1) is 10.0. The van der Waals surface area contributed by atoms with Gasteiger partial charge < -0.3 is 18.9 Å². The van der Waals surface area contributed by atoms with Crippen LogP contribution >= 0.6 is 0 Å². The smallest absolute Gasteiger partial charge is 0.337 e. The van der Waals surface area contributed by atoms with Gasteiger partial charge >= 0.3 is 11.9 Å². The Morgan fingerprint density at radius 3 is 2.29 bits per heavy atom. The van der Waals surface area contributed by atoms with Crippen LogP contribution in [-0.4, -0.2) is 37.9 Å². The molecule has 1 rings (SSSR count). The molecule has 0 aromatic heterocycles. The summed E-state index contributed by atoms with van der Waals surface area (Å²) in [5.41, 5.74) is 0. The molecular formula is C15H20O6. The van der Waals surface area contributed by atoms with E-state index in [4.69, 9.17) is 14.2 Å². The van der Waals surface area contributed by atoms with Gasteiger partial charge in [-0.15, -0.1) is 0 Å². The zero-order chi connectivity index (χ0) is 15.7. The molecule has 0 fully saturated rings. The first-order valence-corrected chi connectivity index (χ1v) is 6.72. The van der Waals surface area contributed by atoms with E-state index in [9.17, 15) is 9.59 Å². The van der Waals surface area contributed by atoms with E-state index in [1.54, 1.807) is 31.2 Å². The molecule has 0 bridgehead atoms. The molecule has 0 spiro atoms. The van der Waals surface area contributed by atoms with Crippen molar-refractivity contribution in [3.05, 3.63) is 24.3 Å². The van der Waals surface area contributed by atoms with Gasteiger partial charge in [-0.25, -0.2) is 9.59 Å². The lowest BCUT2D eigenvalue weighted by molar-refractivity contribution is -0.151. The topological polar surface area (TPSA) is 71.1 Å². The SMILES string of the molecule is CCOC(=O)COCC(=O)Oc1ccccc1OC(C)C. The molecule has 0 radical (unpaired) electrons. The second-order valence-corrected chi connectivity index (χ2v) is 4.39. The van der Waals surface area contributed by atoms with Gasteiger partial charge in [0.25, 0.3) is 0 Å². The van der Waals surface area contributed by atoms with Crippen molar-refractivity contribution < 1.29 is 28.5 Å². The molecule has 116 valence electrons. The Bertz CT molecular complexity index is 469. The van der Waals surface area contributed by atoms with Gasteiger partial charge in [-0.05, 0) is 32.9 Å². The number of carbonyl (C=O) groups excluding carboxylic acids is 2. The van der Waals surface area contributed by atoms with E-state index in [1.807, 2.05) is 13.8 Å². The lowest BCUT2D eigenvalue weighted by Crippen LogP contribution is -2.20. The van der Waals surface area contributed by atoms with Crippen LogP contribution in [0.15, 0.2) is 24.3 Å². The van der Waals surface area contributed by atoms with Crippen LogP contribution in [0.4, 0.5) is 0 Å². The minimum atomic E-state index is -0.612. The minimum absolute atomic E-state index is 0.0371. The summed E-state index contributed by atoms with van der Waals surface area (Å²) >= 11 is 0. The zero-order valence-corrected chi connectivity index (χ0v) is 12.5. The van der Waals surface area contributed by atoms with Gasteiger partial charge in [-0.1, -0.05) is 12.1 Å². The number of esters is 2. The Labute approximate surface area is 123 Å². The Morgan fingerprint density at radius 1 is 1.05 bits per heavy atom. The fourth-order valence-electron chi connectivity index (χ4n) is 1.46. The molecule has 0 amide bonds. The maximum Gasteiger partial charge on any atom is 0.337 e. The Kier molecular flexibility index (Phi) is 7.25. The summed E-state index contributed by atoms with van der Waals surface area (Å²) in [6.45, 7) is 5.09. The Balaban J connectivity index is 2.46. The monoisotopic (exact) mass is 296 g/mol. The molecule has 0 N–H and O–H groups in total. The van der Waals surface area contributed by atoms with Crippen molar-refractivity contribution in [2.24, 2.45) is 0 Å². The second kappa shape index (κ2) is 8.97. The number of rotatable bonds is 8. The molecule has 1 aromatic rings. The number of para-hydroxylation sites is 2. The quantitative estimate of drug-likeness (QED) is 0.539. The van der Waals surface area contributed by atoms with E-state index >= 15 is 0 Å². The largest absolute Gasteiger partial charge is 0.487 e. The van der Waals surface area contributed by atoms with Crippen molar-refractivity contribution in [2.45, 2.75) is 26.9 Å². The molecule has 0 aliphatic heterocycles. The summed E-state index contributed by atoms with van der Waals surface area (Å²) in [4.78, 5) is 22.7. The molecule has 1 aromatic carbocycles. The summed E-state index contributed by atoms with van der Waals surface area (Å²) in [5.74, 6) is -0.338. The number of carbonyl (C=O) groups is 2. The fourth-order valence-corrected chi connectivity index (χ4v) is 1.46. The van der Waals surface area contributed by atoms with Crippen molar-refractivity contribution in [2.75, 3.05) is 19.8 Å². The summed E-state index contributed by atoms with van der Waals surface area (Å²) in [5, 5.41) is 0. The number of benzene rings is 1. The summed E-state index contributed by atoms with van der Waals surface area (Å²) in [6.07, 6.45) is -0.0371. The third kappa shape index (κ3) is 6.76. The highest BCUT2D eigenvalue weighted by Crippen LogP contribution is 2.27. The number of hydrogen-bond acceptors (Lipinski definition) is 6. The van der Waals surface area contributed by atoms with Crippen LogP contribution in [0.5, 0.6) is 11.5 Å². The van der Waals surface area contributed by atoms with Crippen LogP contribution in [-0.2, 0) is 19.1 Å². The van der Waals surface area contributed by atoms with Crippen molar-refractivity contribution in [1.82, 2.24) is 0 Å². The minimum Gasteiger partial charge on any atom is -0.487 e. The summed E-state index contributed by atoms with van der Waals surface area (Å²) in [6, 6.07) is 6.85. The molecule has 0 saturated heterocycles. The average Bonchev–Trinajstić information content (AvgIpc) is 2.40. The molecular weight excluding hydrogens is 276 g/mol. The third-order valence-corrected chi connectivity index (χ3v) is 2.18. The zero-order valence-electron chi connectivity index (χ0n) is 12.5. The van der Waals surface area contributed by atoms with Crippen LogP contribution in [0, 0.1) is 0 Å². The number of ether oxygens (including phenoxy) is 4. The molecule has 0 saturated carbocycles. The highest BCUT2D eigenvalue weighted by atomic mass is 16.6. The average molecular weight is 296 g/mol. The van der Waals surface area contributed by atoms with E-state index in [0.29, 0.717) is 11.5 Å². The lowest BCUT2D eigenvalue weighted by atomic mass is 10.3. The third-order valence-electron chi connectivity index (χ3n) is 2.18. The van der Waals surface area contributed by atoms with Gasteiger partial charge in [0.2, 0.25) is 0 Å². The van der Waals surface area contributed by atoms with Gasteiger partial charge in [-0.2, -0.15) is 0 Å². The first-order valence-electron chi connectivity index (χ1n) is 6.72. The van der Waals surface area contributed by atoms with E-state index in [-0.39, 0.29) is 25.9 Å². The van der Waals surface area contributed by atoms with Gasteiger partial charge in [0, 0.05) is 0 Å².